The molecule has 0 aliphatic rings. The second kappa shape index (κ2) is 6.98. The van der Waals surface area contributed by atoms with Gasteiger partial charge in [-0.15, -0.1) is 11.3 Å². The van der Waals surface area contributed by atoms with Gasteiger partial charge >= 0.3 is 0 Å². The Bertz CT molecular complexity index is 1040. The lowest BCUT2D eigenvalue weighted by Gasteiger charge is -2.27. The van der Waals surface area contributed by atoms with Gasteiger partial charge in [-0.3, -0.25) is 4.79 Å². The summed E-state index contributed by atoms with van der Waals surface area (Å²) >= 11 is 7.61. The first-order valence-corrected chi connectivity index (χ1v) is 9.53. The van der Waals surface area contributed by atoms with Gasteiger partial charge in [0, 0.05) is 45.2 Å². The van der Waals surface area contributed by atoms with E-state index in [-0.39, 0.29) is 11.9 Å². The number of aromatic amines is 1. The molecule has 0 spiro atoms. The predicted molar refractivity (Wildman–Crippen MR) is 108 cm³/mol. The number of halogens is 1. The second-order valence-corrected chi connectivity index (χ2v) is 7.55. The van der Waals surface area contributed by atoms with Crippen molar-refractivity contribution in [1.29, 1.82) is 0 Å². The molecule has 0 bridgehead atoms. The van der Waals surface area contributed by atoms with E-state index in [1.54, 1.807) is 40.5 Å². The standard InChI is InChI=1S/C21H17ClN2OS/c1-24(21(25)14-8-10-15(22)11-9-14)20(19-7-4-12-26-19)17-13-23-18-6-3-2-5-16(17)18/h2-13,20,23H,1H3. The Balaban J connectivity index is 1.79. The average molecular weight is 381 g/mol. The third-order valence-corrected chi connectivity index (χ3v) is 5.70. The smallest absolute Gasteiger partial charge is 0.254 e. The molecular formula is C21H17ClN2OS. The van der Waals surface area contributed by atoms with Gasteiger partial charge in [-0.2, -0.15) is 0 Å². The summed E-state index contributed by atoms with van der Waals surface area (Å²) in [4.78, 5) is 19.3. The van der Waals surface area contributed by atoms with Crippen LogP contribution in [-0.4, -0.2) is 22.8 Å². The zero-order valence-electron chi connectivity index (χ0n) is 14.1. The number of thiophene rings is 1. The van der Waals surface area contributed by atoms with E-state index in [1.165, 1.54) is 0 Å². The molecule has 0 radical (unpaired) electrons. The molecule has 4 aromatic rings. The molecule has 0 aliphatic heterocycles. The molecular weight excluding hydrogens is 364 g/mol. The lowest BCUT2D eigenvalue weighted by atomic mass is 10.0. The highest BCUT2D eigenvalue weighted by atomic mass is 35.5. The Morgan fingerprint density at radius 1 is 1.08 bits per heavy atom. The van der Waals surface area contributed by atoms with E-state index in [1.807, 2.05) is 42.9 Å². The molecule has 5 heteroatoms. The minimum Gasteiger partial charge on any atom is -0.361 e. The molecule has 130 valence electrons. The summed E-state index contributed by atoms with van der Waals surface area (Å²) in [7, 11) is 1.85. The molecule has 2 aromatic carbocycles. The van der Waals surface area contributed by atoms with Gasteiger partial charge in [0.05, 0.1) is 6.04 Å². The van der Waals surface area contributed by atoms with E-state index in [2.05, 4.69) is 17.1 Å². The van der Waals surface area contributed by atoms with Crippen LogP contribution < -0.4 is 0 Å². The quantitative estimate of drug-likeness (QED) is 0.481. The molecule has 0 fully saturated rings. The van der Waals surface area contributed by atoms with Crippen molar-refractivity contribution >= 4 is 39.7 Å². The molecule has 0 aliphatic carbocycles. The van der Waals surface area contributed by atoms with Crippen LogP contribution in [0.3, 0.4) is 0 Å². The van der Waals surface area contributed by atoms with Gasteiger partial charge in [-0.05, 0) is 41.8 Å². The van der Waals surface area contributed by atoms with Crippen molar-refractivity contribution in [2.45, 2.75) is 6.04 Å². The molecule has 1 amide bonds. The first-order chi connectivity index (χ1) is 12.6. The third-order valence-electron chi connectivity index (χ3n) is 4.53. The molecule has 0 saturated carbocycles. The van der Waals surface area contributed by atoms with Crippen molar-refractivity contribution in [2.24, 2.45) is 0 Å². The van der Waals surface area contributed by atoms with Gasteiger partial charge in [-0.25, -0.2) is 0 Å². The van der Waals surface area contributed by atoms with Crippen LogP contribution in [0.5, 0.6) is 0 Å². The number of para-hydroxylation sites is 1. The zero-order chi connectivity index (χ0) is 18.1. The molecule has 4 rings (SSSR count). The number of carbonyl (C=O) groups is 1. The van der Waals surface area contributed by atoms with Gasteiger partial charge in [0.2, 0.25) is 0 Å². The van der Waals surface area contributed by atoms with Crippen molar-refractivity contribution in [3.05, 3.63) is 93.3 Å². The average Bonchev–Trinajstić information content (AvgIpc) is 3.33. The Morgan fingerprint density at radius 2 is 1.85 bits per heavy atom. The summed E-state index contributed by atoms with van der Waals surface area (Å²) in [5.74, 6) is -0.0367. The lowest BCUT2D eigenvalue weighted by Crippen LogP contribution is -2.31. The van der Waals surface area contributed by atoms with Crippen LogP contribution >= 0.6 is 22.9 Å². The fourth-order valence-corrected chi connectivity index (χ4v) is 4.24. The van der Waals surface area contributed by atoms with Crippen LogP contribution in [0.2, 0.25) is 5.02 Å². The third kappa shape index (κ3) is 3.02. The summed E-state index contributed by atoms with van der Waals surface area (Å²) < 4.78 is 0. The van der Waals surface area contributed by atoms with Gasteiger partial charge < -0.3 is 9.88 Å². The number of hydrogen-bond acceptors (Lipinski definition) is 2. The van der Waals surface area contributed by atoms with Crippen LogP contribution in [0.15, 0.2) is 72.2 Å². The van der Waals surface area contributed by atoms with Gasteiger partial charge in [-0.1, -0.05) is 35.9 Å². The van der Waals surface area contributed by atoms with E-state index in [9.17, 15) is 4.79 Å². The summed E-state index contributed by atoms with van der Waals surface area (Å²) in [6.07, 6.45) is 2.00. The summed E-state index contributed by atoms with van der Waals surface area (Å²) in [6, 6.07) is 19.1. The fourth-order valence-electron chi connectivity index (χ4n) is 3.23. The van der Waals surface area contributed by atoms with Crippen molar-refractivity contribution in [1.82, 2.24) is 9.88 Å². The first-order valence-electron chi connectivity index (χ1n) is 8.27. The number of benzene rings is 2. The number of aromatic nitrogens is 1. The topological polar surface area (TPSA) is 36.1 Å². The van der Waals surface area contributed by atoms with Crippen LogP contribution in [0, 0.1) is 0 Å². The van der Waals surface area contributed by atoms with Crippen LogP contribution in [-0.2, 0) is 0 Å². The van der Waals surface area contributed by atoms with Crippen LogP contribution in [0.4, 0.5) is 0 Å². The molecule has 2 aromatic heterocycles. The molecule has 26 heavy (non-hydrogen) atoms. The van der Waals surface area contributed by atoms with E-state index in [0.29, 0.717) is 10.6 Å². The lowest BCUT2D eigenvalue weighted by molar-refractivity contribution is 0.0758. The van der Waals surface area contributed by atoms with Crippen molar-refractivity contribution < 1.29 is 4.79 Å². The highest BCUT2D eigenvalue weighted by Crippen LogP contribution is 2.36. The first kappa shape index (κ1) is 16.9. The molecule has 3 nitrogen and oxygen atoms in total. The normalized spacial score (nSPS) is 12.2. The van der Waals surface area contributed by atoms with Gasteiger partial charge in [0.1, 0.15) is 0 Å². The maximum Gasteiger partial charge on any atom is 0.254 e. The highest BCUT2D eigenvalue weighted by molar-refractivity contribution is 7.10. The highest BCUT2D eigenvalue weighted by Gasteiger charge is 2.27. The zero-order valence-corrected chi connectivity index (χ0v) is 15.7. The maximum absolute atomic E-state index is 13.1. The monoisotopic (exact) mass is 380 g/mol. The van der Waals surface area contributed by atoms with Crippen LogP contribution in [0.1, 0.15) is 26.8 Å². The van der Waals surface area contributed by atoms with Crippen molar-refractivity contribution in [2.75, 3.05) is 7.05 Å². The van der Waals surface area contributed by atoms with Gasteiger partial charge in [0.15, 0.2) is 0 Å². The Hall–Kier alpha value is -2.56. The van der Waals surface area contributed by atoms with Crippen LogP contribution in [0.25, 0.3) is 10.9 Å². The van der Waals surface area contributed by atoms with E-state index >= 15 is 0 Å². The van der Waals surface area contributed by atoms with E-state index in [4.69, 9.17) is 11.6 Å². The van der Waals surface area contributed by atoms with E-state index < -0.39 is 0 Å². The number of H-pyrrole nitrogens is 1. The number of rotatable bonds is 4. The number of nitrogens with one attached hydrogen (secondary N) is 1. The second-order valence-electron chi connectivity index (χ2n) is 6.13. The maximum atomic E-state index is 13.1. The minimum absolute atomic E-state index is 0.0367. The molecule has 1 unspecified atom stereocenters. The molecule has 1 N–H and O–H groups in total. The number of fused-ring (bicyclic) bond motifs is 1. The molecule has 2 heterocycles. The fraction of sp³-hybridized carbons (Fsp3) is 0.0952. The Labute approximate surface area is 160 Å². The molecule has 1 atom stereocenters. The molecule has 0 saturated heterocycles. The minimum atomic E-state index is -0.158. The van der Waals surface area contributed by atoms with Gasteiger partial charge in [0.25, 0.3) is 5.91 Å². The number of nitrogens with zero attached hydrogens (tertiary/aromatic N) is 1. The SMILES string of the molecule is CN(C(=O)c1ccc(Cl)cc1)C(c1cccs1)c1c[nH]c2ccccc12. The summed E-state index contributed by atoms with van der Waals surface area (Å²) in [5, 5.41) is 3.79. The number of amides is 1. The van der Waals surface area contributed by atoms with Crippen molar-refractivity contribution in [3.63, 3.8) is 0 Å². The summed E-state index contributed by atoms with van der Waals surface area (Å²) in [5.41, 5.74) is 2.78. The van der Waals surface area contributed by atoms with E-state index in [0.717, 1.165) is 21.3 Å². The summed E-state index contributed by atoms with van der Waals surface area (Å²) in [6.45, 7) is 0. The van der Waals surface area contributed by atoms with Crippen molar-refractivity contribution in [3.8, 4) is 0 Å². The predicted octanol–water partition coefficient (Wildman–Crippen LogP) is 5.74. The number of hydrogen-bond donors (Lipinski definition) is 1. The number of carbonyl (C=O) groups excluding carboxylic acids is 1. The largest absolute Gasteiger partial charge is 0.361 e. The Kier molecular flexibility index (Phi) is 4.53. The Morgan fingerprint density at radius 3 is 2.58 bits per heavy atom.